The van der Waals surface area contributed by atoms with Crippen LogP contribution in [0.5, 0.6) is 0 Å². The Morgan fingerprint density at radius 3 is 2.78 bits per heavy atom. The van der Waals surface area contributed by atoms with Crippen LogP contribution < -0.4 is 10.6 Å². The number of hydrogen-bond donors (Lipinski definition) is 2. The average molecular weight is 270 g/mol. The number of hydrogen-bond acceptors (Lipinski definition) is 3. The third kappa shape index (κ3) is 1.54. The number of carbonyl (C=O) groups excluding carboxylic acids is 2. The second-order valence-electron chi connectivity index (χ2n) is 4.71. The fourth-order valence-electron chi connectivity index (χ4n) is 2.40. The van der Waals surface area contributed by atoms with E-state index in [1.165, 1.54) is 10.9 Å². The summed E-state index contributed by atoms with van der Waals surface area (Å²) in [5.41, 5.74) is 0.0708. The topological polar surface area (TPSA) is 79.3 Å². The standard InChI is InChI=1S/C10H12ClN5O2/c1-15-7(6(11)2-13-15)8(17)16-4-10(5-16)3-12-9(18)14-10/h2H,3-5H2,1H3,(H2,12,14,18). The minimum absolute atomic E-state index is 0.160. The first-order chi connectivity index (χ1) is 8.51. The van der Waals surface area contributed by atoms with E-state index in [9.17, 15) is 9.59 Å². The molecule has 0 unspecified atom stereocenters. The number of nitrogens with one attached hydrogen (secondary N) is 2. The van der Waals surface area contributed by atoms with Gasteiger partial charge >= 0.3 is 6.03 Å². The lowest BCUT2D eigenvalue weighted by Crippen LogP contribution is -2.70. The summed E-state index contributed by atoms with van der Waals surface area (Å²) >= 11 is 5.93. The van der Waals surface area contributed by atoms with Crippen molar-refractivity contribution in [2.45, 2.75) is 5.54 Å². The summed E-state index contributed by atoms with van der Waals surface area (Å²) in [6.07, 6.45) is 1.45. The first-order valence-corrected chi connectivity index (χ1v) is 5.91. The van der Waals surface area contributed by atoms with Gasteiger partial charge in [0.05, 0.1) is 16.8 Å². The lowest BCUT2D eigenvalue weighted by atomic mass is 9.90. The van der Waals surface area contributed by atoms with E-state index in [-0.39, 0.29) is 17.5 Å². The predicted molar refractivity (Wildman–Crippen MR) is 63.4 cm³/mol. The zero-order chi connectivity index (χ0) is 12.9. The minimum atomic E-state index is -0.308. The van der Waals surface area contributed by atoms with Gasteiger partial charge in [0.25, 0.3) is 5.91 Å². The predicted octanol–water partition coefficient (Wildman–Crippen LogP) is -0.419. The second-order valence-corrected chi connectivity index (χ2v) is 5.12. The number of aromatic nitrogens is 2. The number of carbonyl (C=O) groups is 2. The fraction of sp³-hybridized carbons (Fsp3) is 0.500. The SMILES string of the molecule is Cn1ncc(Cl)c1C(=O)N1CC2(CNC(=O)N2)C1. The largest absolute Gasteiger partial charge is 0.336 e. The molecule has 2 fully saturated rings. The van der Waals surface area contributed by atoms with Crippen molar-refractivity contribution in [3.8, 4) is 0 Å². The number of halogens is 1. The molecule has 3 amide bonds. The number of rotatable bonds is 1. The van der Waals surface area contributed by atoms with Crippen LogP contribution in [-0.4, -0.2) is 51.8 Å². The molecule has 0 saturated carbocycles. The second kappa shape index (κ2) is 3.61. The van der Waals surface area contributed by atoms with Gasteiger partial charge in [-0.1, -0.05) is 11.6 Å². The van der Waals surface area contributed by atoms with E-state index in [2.05, 4.69) is 15.7 Å². The van der Waals surface area contributed by atoms with Crippen molar-refractivity contribution in [2.75, 3.05) is 19.6 Å². The highest BCUT2D eigenvalue weighted by atomic mass is 35.5. The molecule has 96 valence electrons. The Kier molecular flexibility index (Phi) is 2.28. The van der Waals surface area contributed by atoms with Gasteiger partial charge in [0, 0.05) is 26.7 Å². The quantitative estimate of drug-likeness (QED) is 0.727. The van der Waals surface area contributed by atoms with E-state index < -0.39 is 0 Å². The van der Waals surface area contributed by atoms with Gasteiger partial charge in [-0.15, -0.1) is 0 Å². The Morgan fingerprint density at radius 1 is 1.56 bits per heavy atom. The fourth-order valence-corrected chi connectivity index (χ4v) is 2.65. The third-order valence-corrected chi connectivity index (χ3v) is 3.61. The van der Waals surface area contributed by atoms with Crippen LogP contribution in [0.4, 0.5) is 4.79 Å². The van der Waals surface area contributed by atoms with Crippen molar-refractivity contribution in [1.29, 1.82) is 0 Å². The molecule has 1 aromatic rings. The number of amides is 3. The van der Waals surface area contributed by atoms with Gasteiger partial charge in [0.1, 0.15) is 5.69 Å². The Balaban J connectivity index is 1.72. The van der Waals surface area contributed by atoms with Gasteiger partial charge in [-0.3, -0.25) is 9.48 Å². The van der Waals surface area contributed by atoms with Crippen LogP contribution in [0, 0.1) is 0 Å². The molecule has 0 radical (unpaired) electrons. The molecule has 7 nitrogen and oxygen atoms in total. The van der Waals surface area contributed by atoms with Gasteiger partial charge in [-0.2, -0.15) is 5.10 Å². The smallest absolute Gasteiger partial charge is 0.315 e. The molecule has 2 aliphatic heterocycles. The molecule has 2 saturated heterocycles. The molecular weight excluding hydrogens is 258 g/mol. The molecule has 1 spiro atoms. The molecule has 18 heavy (non-hydrogen) atoms. The van der Waals surface area contributed by atoms with Gasteiger partial charge in [0.15, 0.2) is 0 Å². The van der Waals surface area contributed by atoms with E-state index in [1.54, 1.807) is 11.9 Å². The summed E-state index contributed by atoms with van der Waals surface area (Å²) in [5.74, 6) is -0.160. The van der Waals surface area contributed by atoms with Crippen LogP contribution in [0.3, 0.4) is 0 Å². The zero-order valence-electron chi connectivity index (χ0n) is 9.73. The highest BCUT2D eigenvalue weighted by molar-refractivity contribution is 6.33. The molecule has 2 N–H and O–H groups in total. The van der Waals surface area contributed by atoms with E-state index >= 15 is 0 Å². The highest BCUT2D eigenvalue weighted by Gasteiger charge is 2.50. The summed E-state index contributed by atoms with van der Waals surface area (Å²) in [6.45, 7) is 1.53. The Labute approximate surface area is 108 Å². The summed E-state index contributed by atoms with van der Waals surface area (Å²) < 4.78 is 1.46. The first kappa shape index (κ1) is 11.3. The van der Waals surface area contributed by atoms with Gasteiger partial charge in [-0.05, 0) is 0 Å². The molecule has 8 heteroatoms. The Bertz CT molecular complexity index is 515. The summed E-state index contributed by atoms with van der Waals surface area (Å²) in [6, 6.07) is -0.180. The van der Waals surface area contributed by atoms with Crippen molar-refractivity contribution >= 4 is 23.5 Å². The normalized spacial score (nSPS) is 20.6. The van der Waals surface area contributed by atoms with Crippen LogP contribution in [0.25, 0.3) is 0 Å². The number of likely N-dealkylation sites (tertiary alicyclic amines) is 1. The number of urea groups is 1. The van der Waals surface area contributed by atoms with Crippen LogP contribution in [0.2, 0.25) is 5.02 Å². The Morgan fingerprint density at radius 2 is 2.28 bits per heavy atom. The van der Waals surface area contributed by atoms with E-state index in [1.807, 2.05) is 0 Å². The molecule has 2 aliphatic rings. The summed E-state index contributed by atoms with van der Waals surface area (Å²) in [7, 11) is 1.67. The van der Waals surface area contributed by atoms with Crippen molar-refractivity contribution in [1.82, 2.24) is 25.3 Å². The monoisotopic (exact) mass is 269 g/mol. The maximum absolute atomic E-state index is 12.2. The van der Waals surface area contributed by atoms with Crippen LogP contribution >= 0.6 is 11.6 Å². The van der Waals surface area contributed by atoms with E-state index in [4.69, 9.17) is 11.6 Å². The van der Waals surface area contributed by atoms with Crippen molar-refractivity contribution < 1.29 is 9.59 Å². The maximum Gasteiger partial charge on any atom is 0.315 e. The highest BCUT2D eigenvalue weighted by Crippen LogP contribution is 2.26. The summed E-state index contributed by atoms with van der Waals surface area (Å²) in [4.78, 5) is 25.0. The van der Waals surface area contributed by atoms with Gasteiger partial charge < -0.3 is 15.5 Å². The molecule has 0 aliphatic carbocycles. The zero-order valence-corrected chi connectivity index (χ0v) is 10.5. The molecule has 0 atom stereocenters. The van der Waals surface area contributed by atoms with Crippen molar-refractivity contribution in [3.05, 3.63) is 16.9 Å². The number of aryl methyl sites for hydroxylation is 1. The summed E-state index contributed by atoms with van der Waals surface area (Å²) in [5, 5.41) is 9.80. The molecule has 0 bridgehead atoms. The lowest BCUT2D eigenvalue weighted by molar-refractivity contribution is 0.0386. The molecule has 0 aromatic carbocycles. The van der Waals surface area contributed by atoms with Crippen LogP contribution in [0.15, 0.2) is 6.20 Å². The average Bonchev–Trinajstić information content (AvgIpc) is 2.80. The minimum Gasteiger partial charge on any atom is -0.336 e. The van der Waals surface area contributed by atoms with Gasteiger partial charge in [0.2, 0.25) is 0 Å². The van der Waals surface area contributed by atoms with Gasteiger partial charge in [-0.25, -0.2) is 4.79 Å². The van der Waals surface area contributed by atoms with E-state index in [0.29, 0.717) is 30.4 Å². The number of nitrogens with zero attached hydrogens (tertiary/aromatic N) is 3. The van der Waals surface area contributed by atoms with Crippen LogP contribution in [0.1, 0.15) is 10.5 Å². The lowest BCUT2D eigenvalue weighted by Gasteiger charge is -2.46. The molecule has 1 aromatic heterocycles. The van der Waals surface area contributed by atoms with Crippen molar-refractivity contribution in [3.63, 3.8) is 0 Å². The van der Waals surface area contributed by atoms with Crippen LogP contribution in [-0.2, 0) is 7.05 Å². The molecular formula is C10H12ClN5O2. The van der Waals surface area contributed by atoms with E-state index in [0.717, 1.165) is 0 Å². The first-order valence-electron chi connectivity index (χ1n) is 5.54. The molecule has 3 rings (SSSR count). The van der Waals surface area contributed by atoms with Crippen molar-refractivity contribution in [2.24, 2.45) is 7.05 Å². The third-order valence-electron chi connectivity index (χ3n) is 3.34. The molecule has 3 heterocycles. The maximum atomic E-state index is 12.2. The Hall–Kier alpha value is -1.76.